The Morgan fingerprint density at radius 3 is 2.85 bits per heavy atom. The van der Waals surface area contributed by atoms with Gasteiger partial charge in [0.15, 0.2) is 0 Å². The number of amides is 1. The molecule has 3 aromatic rings. The zero-order valence-corrected chi connectivity index (χ0v) is 14.5. The molecule has 3 heterocycles. The highest BCUT2D eigenvalue weighted by Crippen LogP contribution is 2.26. The fraction of sp³-hybridized carbons (Fsp3) is 0.316. The molecule has 0 bridgehead atoms. The number of carbonyl (C=O) groups excluding carboxylic acids is 1. The number of nitrogens with one attached hydrogen (secondary N) is 1. The van der Waals surface area contributed by atoms with Crippen LogP contribution in [0.1, 0.15) is 24.0 Å². The smallest absolute Gasteiger partial charge is 0.250 e. The highest BCUT2D eigenvalue weighted by Gasteiger charge is 2.27. The van der Waals surface area contributed by atoms with Crippen LogP contribution in [0.5, 0.6) is 0 Å². The molecule has 136 valence electrons. The van der Waals surface area contributed by atoms with Gasteiger partial charge in [-0.3, -0.25) is 14.3 Å². The van der Waals surface area contributed by atoms with Gasteiger partial charge in [0.05, 0.1) is 11.9 Å². The maximum Gasteiger partial charge on any atom is 0.250 e. The number of aryl methyl sites for hydroxylation is 2. The van der Waals surface area contributed by atoms with Crippen molar-refractivity contribution in [1.29, 1.82) is 0 Å². The monoisotopic (exact) mass is 358 g/mol. The van der Waals surface area contributed by atoms with Crippen LogP contribution in [0.2, 0.25) is 0 Å². The molecule has 1 N–H and O–H groups in total. The number of carbonyl (C=O) groups is 1. The van der Waals surface area contributed by atoms with E-state index in [1.807, 2.05) is 35.9 Å². The summed E-state index contributed by atoms with van der Waals surface area (Å²) < 4.78 is 29.6. The minimum Gasteiger partial charge on any atom is -0.358 e. The third kappa shape index (κ3) is 4.22. The van der Waals surface area contributed by atoms with Gasteiger partial charge in [-0.05, 0) is 42.7 Å². The van der Waals surface area contributed by atoms with E-state index in [9.17, 15) is 13.6 Å². The first-order valence-electron chi connectivity index (χ1n) is 8.41. The zero-order valence-electron chi connectivity index (χ0n) is 14.5. The molecule has 7 heteroatoms. The summed E-state index contributed by atoms with van der Waals surface area (Å²) in [7, 11) is 0. The molecule has 0 aliphatic carbocycles. The van der Waals surface area contributed by atoms with E-state index in [-0.39, 0.29) is 25.8 Å². The van der Waals surface area contributed by atoms with Gasteiger partial charge in [-0.2, -0.15) is 0 Å². The Morgan fingerprint density at radius 1 is 1.23 bits per heavy atom. The zero-order chi connectivity index (χ0) is 18.6. The van der Waals surface area contributed by atoms with Crippen molar-refractivity contribution in [2.75, 3.05) is 6.54 Å². The summed E-state index contributed by atoms with van der Waals surface area (Å²) in [4.78, 5) is 18.8. The van der Waals surface area contributed by atoms with Gasteiger partial charge in [0, 0.05) is 43.4 Å². The molecule has 0 aliphatic heterocycles. The summed E-state index contributed by atoms with van der Waals surface area (Å²) in [6.07, 6.45) is 7.11. The van der Waals surface area contributed by atoms with E-state index >= 15 is 0 Å². The van der Waals surface area contributed by atoms with Crippen molar-refractivity contribution in [1.82, 2.24) is 19.9 Å². The van der Waals surface area contributed by atoms with Crippen molar-refractivity contribution in [2.45, 2.75) is 32.1 Å². The second kappa shape index (κ2) is 7.59. The van der Waals surface area contributed by atoms with Crippen molar-refractivity contribution in [3.63, 3.8) is 0 Å². The fourth-order valence-corrected chi connectivity index (χ4v) is 2.85. The van der Waals surface area contributed by atoms with Gasteiger partial charge in [0.2, 0.25) is 12.3 Å². The van der Waals surface area contributed by atoms with E-state index in [1.54, 1.807) is 18.6 Å². The molecule has 3 rings (SSSR count). The molecule has 5 nitrogen and oxygen atoms in total. The lowest BCUT2D eigenvalue weighted by molar-refractivity contribution is -0.109. The normalized spacial score (nSPS) is 11.7. The molecule has 0 aromatic carbocycles. The van der Waals surface area contributed by atoms with Gasteiger partial charge in [0.1, 0.15) is 5.65 Å². The number of alkyl halides is 2. The lowest BCUT2D eigenvalue weighted by Crippen LogP contribution is -2.24. The second-order valence-corrected chi connectivity index (χ2v) is 6.34. The number of rotatable bonds is 8. The molecular formula is C19H20F2N4O. The Kier molecular flexibility index (Phi) is 5.25. The molecule has 0 atom stereocenters. The van der Waals surface area contributed by atoms with E-state index in [1.165, 1.54) is 0 Å². The van der Waals surface area contributed by atoms with Crippen LogP contribution in [0.15, 0.2) is 43.0 Å². The summed E-state index contributed by atoms with van der Waals surface area (Å²) in [5, 5.41) is 3.17. The molecule has 1 amide bonds. The highest BCUT2D eigenvalue weighted by atomic mass is 19.3. The maximum atomic E-state index is 13.8. The van der Waals surface area contributed by atoms with E-state index in [0.29, 0.717) is 6.41 Å². The minimum atomic E-state index is -2.82. The first-order valence-corrected chi connectivity index (χ1v) is 8.41. The Bertz CT molecular complexity index is 907. The maximum absolute atomic E-state index is 13.8. The Hall–Kier alpha value is -2.83. The van der Waals surface area contributed by atoms with Crippen LogP contribution in [0.3, 0.4) is 0 Å². The lowest BCUT2D eigenvalue weighted by atomic mass is 10.0. The Morgan fingerprint density at radius 2 is 2.08 bits per heavy atom. The van der Waals surface area contributed by atoms with Crippen LogP contribution in [0, 0.1) is 6.92 Å². The molecule has 0 fully saturated rings. The van der Waals surface area contributed by atoms with Crippen LogP contribution < -0.4 is 5.32 Å². The summed E-state index contributed by atoms with van der Waals surface area (Å²) >= 11 is 0. The van der Waals surface area contributed by atoms with Crippen molar-refractivity contribution in [3.05, 3.63) is 54.1 Å². The van der Waals surface area contributed by atoms with Crippen LogP contribution in [-0.4, -0.2) is 33.4 Å². The Labute approximate surface area is 150 Å². The molecule has 3 aromatic heterocycles. The van der Waals surface area contributed by atoms with Crippen LogP contribution in [0.25, 0.3) is 16.7 Å². The van der Waals surface area contributed by atoms with Crippen molar-refractivity contribution < 1.29 is 13.6 Å². The molecule has 0 saturated carbocycles. The molecule has 26 heavy (non-hydrogen) atoms. The van der Waals surface area contributed by atoms with Crippen LogP contribution in [-0.2, 0) is 11.2 Å². The molecular weight excluding hydrogens is 338 g/mol. The predicted octanol–water partition coefficient (Wildman–Crippen LogP) is 3.43. The molecule has 0 spiro atoms. The van der Waals surface area contributed by atoms with Crippen LogP contribution in [0.4, 0.5) is 8.78 Å². The second-order valence-electron chi connectivity index (χ2n) is 6.34. The van der Waals surface area contributed by atoms with Crippen molar-refractivity contribution in [3.8, 4) is 5.69 Å². The summed E-state index contributed by atoms with van der Waals surface area (Å²) in [5.41, 5.74) is 3.49. The summed E-state index contributed by atoms with van der Waals surface area (Å²) in [5.74, 6) is -2.82. The Balaban J connectivity index is 1.73. The minimum absolute atomic E-state index is 0.0266. The van der Waals surface area contributed by atoms with Gasteiger partial charge in [0.25, 0.3) is 0 Å². The third-order valence-corrected chi connectivity index (χ3v) is 4.22. The quantitative estimate of drug-likeness (QED) is 0.496. The van der Waals surface area contributed by atoms with Gasteiger partial charge >= 0.3 is 0 Å². The van der Waals surface area contributed by atoms with Gasteiger partial charge in [-0.1, -0.05) is 0 Å². The van der Waals surface area contributed by atoms with E-state index < -0.39 is 5.92 Å². The van der Waals surface area contributed by atoms with Crippen molar-refractivity contribution in [2.24, 2.45) is 0 Å². The molecule has 0 unspecified atom stereocenters. The number of halogens is 2. The van der Waals surface area contributed by atoms with E-state index in [4.69, 9.17) is 0 Å². The standard InChI is InChI=1S/C19H20F2N4O/c1-14-8-17(12-23-10-14)25-7-3-16-9-15(11-24-18(16)25)2-4-19(20,21)5-6-22-13-26/h3,7-13H,2,4-6H2,1H3,(H,22,26). The molecule has 0 radical (unpaired) electrons. The lowest BCUT2D eigenvalue weighted by Gasteiger charge is -2.15. The van der Waals surface area contributed by atoms with E-state index in [0.717, 1.165) is 27.8 Å². The van der Waals surface area contributed by atoms with E-state index in [2.05, 4.69) is 15.3 Å². The number of hydrogen-bond acceptors (Lipinski definition) is 3. The number of pyridine rings is 2. The highest BCUT2D eigenvalue weighted by molar-refractivity contribution is 5.78. The summed E-state index contributed by atoms with van der Waals surface area (Å²) in [6.45, 7) is 1.94. The van der Waals surface area contributed by atoms with Crippen LogP contribution >= 0.6 is 0 Å². The number of aromatic nitrogens is 3. The predicted molar refractivity (Wildman–Crippen MR) is 95.6 cm³/mol. The third-order valence-electron chi connectivity index (χ3n) is 4.22. The average molecular weight is 358 g/mol. The number of nitrogens with zero attached hydrogens (tertiary/aromatic N) is 3. The average Bonchev–Trinajstić information content (AvgIpc) is 3.03. The summed E-state index contributed by atoms with van der Waals surface area (Å²) in [6, 6.07) is 5.82. The number of fused-ring (bicyclic) bond motifs is 1. The van der Waals surface area contributed by atoms with Gasteiger partial charge in [-0.15, -0.1) is 0 Å². The fourth-order valence-electron chi connectivity index (χ4n) is 2.85. The first kappa shape index (κ1) is 18.0. The van der Waals surface area contributed by atoms with Gasteiger partial charge in [-0.25, -0.2) is 13.8 Å². The van der Waals surface area contributed by atoms with Crippen molar-refractivity contribution >= 4 is 17.4 Å². The largest absolute Gasteiger partial charge is 0.358 e. The number of hydrogen-bond donors (Lipinski definition) is 1. The van der Waals surface area contributed by atoms with Gasteiger partial charge < -0.3 is 5.32 Å². The SMILES string of the molecule is Cc1cncc(-n2ccc3cc(CCC(F)(F)CCNC=O)cnc32)c1. The molecule has 0 saturated heterocycles. The first-order chi connectivity index (χ1) is 12.5. The topological polar surface area (TPSA) is 59.8 Å². The molecule has 0 aliphatic rings.